The highest BCUT2D eigenvalue weighted by atomic mass is 16.5. The highest BCUT2D eigenvalue weighted by molar-refractivity contribution is 6.02. The maximum absolute atomic E-state index is 12.5. The van der Waals surface area contributed by atoms with Crippen molar-refractivity contribution in [3.8, 4) is 5.75 Å². The Hall–Kier alpha value is -4.14. The number of ether oxygens (including phenoxy) is 2. The lowest BCUT2D eigenvalue weighted by Crippen LogP contribution is -2.42. The van der Waals surface area contributed by atoms with Crippen LogP contribution in [-0.2, 0) is 25.4 Å². The summed E-state index contributed by atoms with van der Waals surface area (Å²) in [6.07, 6.45) is 0. The van der Waals surface area contributed by atoms with E-state index < -0.39 is 35.2 Å². The molecular weight excluding hydrogens is 402 g/mol. The van der Waals surface area contributed by atoms with Crippen LogP contribution in [0.3, 0.4) is 0 Å². The highest BCUT2D eigenvalue weighted by Crippen LogP contribution is 2.20. The van der Waals surface area contributed by atoms with E-state index in [1.54, 1.807) is 18.2 Å². The summed E-state index contributed by atoms with van der Waals surface area (Å²) in [4.78, 5) is 49.2. The summed E-state index contributed by atoms with van der Waals surface area (Å²) < 4.78 is 12.6. The molecule has 0 amide bonds. The fraction of sp³-hybridized carbons (Fsp3) is 0.182. The number of carbonyl (C=O) groups is 2. The number of nitrogens with zero attached hydrogens (tertiary/aromatic N) is 2. The van der Waals surface area contributed by atoms with Crippen molar-refractivity contribution in [2.45, 2.75) is 6.61 Å². The normalized spacial score (nSPS) is 10.5. The van der Waals surface area contributed by atoms with E-state index in [1.165, 1.54) is 20.2 Å². The Balaban J connectivity index is 1.74. The average Bonchev–Trinajstić information content (AvgIpc) is 2.79. The minimum absolute atomic E-state index is 0.132. The van der Waals surface area contributed by atoms with Gasteiger partial charge < -0.3 is 15.2 Å². The Kier molecular flexibility index (Phi) is 6.35. The SMILES string of the molecule is Cn1c(N)c(C(=O)COC(=O)c2ccccc2OCc2ccccc2)c(=O)n(C)c1=O. The molecular formula is C22H21N3O6. The standard InChI is InChI=1S/C22H21N3O6/c1-24-19(23)18(20(27)25(2)22(24)29)16(26)13-31-21(28)15-10-6-7-11-17(15)30-12-14-8-4-3-5-9-14/h3-11H,12-13,23H2,1-2H3. The van der Waals surface area contributed by atoms with Gasteiger partial charge in [-0.3, -0.25) is 18.7 Å². The maximum Gasteiger partial charge on any atom is 0.342 e. The van der Waals surface area contributed by atoms with Crippen molar-refractivity contribution in [1.82, 2.24) is 9.13 Å². The number of benzene rings is 2. The second-order valence-corrected chi connectivity index (χ2v) is 6.74. The summed E-state index contributed by atoms with van der Waals surface area (Å²) in [5, 5.41) is 0. The minimum Gasteiger partial charge on any atom is -0.488 e. The summed E-state index contributed by atoms with van der Waals surface area (Å²) in [6, 6.07) is 15.9. The first kappa shape index (κ1) is 21.6. The molecule has 0 saturated carbocycles. The number of nitrogens with two attached hydrogens (primary N) is 1. The lowest BCUT2D eigenvalue weighted by molar-refractivity contribution is 0.0469. The fourth-order valence-electron chi connectivity index (χ4n) is 2.90. The number of hydrogen-bond acceptors (Lipinski definition) is 7. The van der Waals surface area contributed by atoms with E-state index in [0.29, 0.717) is 5.75 Å². The van der Waals surface area contributed by atoms with Crippen LogP contribution in [0.1, 0.15) is 26.3 Å². The van der Waals surface area contributed by atoms with Crippen molar-refractivity contribution in [1.29, 1.82) is 0 Å². The number of esters is 1. The molecule has 1 heterocycles. The quantitative estimate of drug-likeness (QED) is 0.449. The number of nitrogen functional groups attached to an aromatic ring is 1. The molecule has 2 aromatic carbocycles. The van der Waals surface area contributed by atoms with Crippen LogP contribution in [0.2, 0.25) is 0 Å². The third kappa shape index (κ3) is 4.55. The Bertz CT molecular complexity index is 1240. The van der Waals surface area contributed by atoms with Gasteiger partial charge in [0.25, 0.3) is 5.56 Å². The molecule has 3 aromatic rings. The molecule has 160 valence electrons. The lowest BCUT2D eigenvalue weighted by atomic mass is 10.2. The molecule has 3 rings (SSSR count). The van der Waals surface area contributed by atoms with Crippen molar-refractivity contribution >= 4 is 17.6 Å². The van der Waals surface area contributed by atoms with Crippen LogP contribution in [0, 0.1) is 0 Å². The summed E-state index contributed by atoms with van der Waals surface area (Å²) in [5.41, 5.74) is 4.88. The fourth-order valence-corrected chi connectivity index (χ4v) is 2.90. The van der Waals surface area contributed by atoms with E-state index >= 15 is 0 Å². The molecule has 0 bridgehead atoms. The molecule has 9 nitrogen and oxygen atoms in total. The number of carbonyl (C=O) groups excluding carboxylic acids is 2. The predicted molar refractivity (Wildman–Crippen MR) is 113 cm³/mol. The van der Waals surface area contributed by atoms with Gasteiger partial charge in [-0.15, -0.1) is 0 Å². The Morgan fingerprint density at radius 2 is 1.58 bits per heavy atom. The number of Topliss-reactive ketones (excluding diaryl/α,β-unsaturated/α-hetero) is 1. The summed E-state index contributed by atoms with van der Waals surface area (Å²) >= 11 is 0. The maximum atomic E-state index is 12.5. The number of para-hydroxylation sites is 1. The van der Waals surface area contributed by atoms with Crippen LogP contribution >= 0.6 is 0 Å². The third-order valence-corrected chi connectivity index (χ3v) is 4.67. The average molecular weight is 423 g/mol. The molecule has 2 N–H and O–H groups in total. The van der Waals surface area contributed by atoms with E-state index in [9.17, 15) is 19.2 Å². The van der Waals surface area contributed by atoms with Gasteiger partial charge in [0.15, 0.2) is 6.61 Å². The molecule has 0 aliphatic rings. The van der Waals surface area contributed by atoms with Gasteiger partial charge in [-0.2, -0.15) is 0 Å². The summed E-state index contributed by atoms with van der Waals surface area (Å²) in [5.74, 6) is -1.61. The molecule has 1 aromatic heterocycles. The second-order valence-electron chi connectivity index (χ2n) is 6.74. The van der Waals surface area contributed by atoms with E-state index in [-0.39, 0.29) is 18.0 Å². The van der Waals surface area contributed by atoms with Gasteiger partial charge in [0.05, 0.1) is 0 Å². The molecule has 0 aliphatic carbocycles. The molecule has 0 saturated heterocycles. The van der Waals surface area contributed by atoms with Crippen molar-refractivity contribution in [2.75, 3.05) is 12.3 Å². The monoisotopic (exact) mass is 423 g/mol. The van der Waals surface area contributed by atoms with Crippen molar-refractivity contribution in [3.63, 3.8) is 0 Å². The molecule has 0 spiro atoms. The molecule has 0 radical (unpaired) electrons. The highest BCUT2D eigenvalue weighted by Gasteiger charge is 2.22. The van der Waals surface area contributed by atoms with Crippen molar-refractivity contribution in [2.24, 2.45) is 14.1 Å². The van der Waals surface area contributed by atoms with Gasteiger partial charge >= 0.3 is 11.7 Å². The third-order valence-electron chi connectivity index (χ3n) is 4.67. The Morgan fingerprint density at radius 1 is 0.935 bits per heavy atom. The van der Waals surface area contributed by atoms with Gasteiger partial charge in [-0.25, -0.2) is 9.59 Å². The van der Waals surface area contributed by atoms with Crippen LogP contribution < -0.4 is 21.7 Å². The van der Waals surface area contributed by atoms with Gasteiger partial charge in [0.1, 0.15) is 29.3 Å². The summed E-state index contributed by atoms with van der Waals surface area (Å²) in [7, 11) is 2.56. The zero-order valence-corrected chi connectivity index (χ0v) is 17.0. The number of hydrogen-bond donors (Lipinski definition) is 1. The lowest BCUT2D eigenvalue weighted by Gasteiger charge is -2.12. The van der Waals surface area contributed by atoms with E-state index in [1.807, 2.05) is 30.3 Å². The van der Waals surface area contributed by atoms with E-state index in [2.05, 4.69) is 0 Å². The van der Waals surface area contributed by atoms with Gasteiger partial charge in [0.2, 0.25) is 5.78 Å². The van der Waals surface area contributed by atoms with Crippen LogP contribution in [0.15, 0.2) is 64.2 Å². The summed E-state index contributed by atoms with van der Waals surface area (Å²) in [6.45, 7) is -0.474. The predicted octanol–water partition coefficient (Wildman–Crippen LogP) is 1.28. The second kappa shape index (κ2) is 9.12. The molecule has 0 unspecified atom stereocenters. The van der Waals surface area contributed by atoms with E-state index in [4.69, 9.17) is 15.2 Å². The zero-order chi connectivity index (χ0) is 22.5. The first-order valence-electron chi connectivity index (χ1n) is 9.32. The molecule has 9 heteroatoms. The van der Waals surface area contributed by atoms with Gasteiger partial charge in [0, 0.05) is 14.1 Å². The Morgan fingerprint density at radius 3 is 2.29 bits per heavy atom. The van der Waals surface area contributed by atoms with Gasteiger partial charge in [-0.1, -0.05) is 42.5 Å². The minimum atomic E-state index is -0.853. The molecule has 0 aliphatic heterocycles. The molecule has 0 fully saturated rings. The number of aromatic nitrogens is 2. The number of anilines is 1. The van der Waals surface area contributed by atoms with Crippen LogP contribution in [-0.4, -0.2) is 27.5 Å². The molecule has 31 heavy (non-hydrogen) atoms. The molecule has 0 atom stereocenters. The van der Waals surface area contributed by atoms with Crippen molar-refractivity contribution in [3.05, 3.63) is 92.1 Å². The zero-order valence-electron chi connectivity index (χ0n) is 17.0. The first-order valence-corrected chi connectivity index (χ1v) is 9.32. The topological polar surface area (TPSA) is 123 Å². The van der Waals surface area contributed by atoms with Crippen molar-refractivity contribution < 1.29 is 19.1 Å². The number of ketones is 1. The first-order chi connectivity index (χ1) is 14.8. The van der Waals surface area contributed by atoms with Crippen LogP contribution in [0.25, 0.3) is 0 Å². The number of rotatable bonds is 7. The van der Waals surface area contributed by atoms with Crippen LogP contribution in [0.5, 0.6) is 5.75 Å². The smallest absolute Gasteiger partial charge is 0.342 e. The Labute approximate surface area is 177 Å². The van der Waals surface area contributed by atoms with E-state index in [0.717, 1.165) is 14.7 Å². The largest absolute Gasteiger partial charge is 0.488 e. The van der Waals surface area contributed by atoms with Gasteiger partial charge in [-0.05, 0) is 17.7 Å². The van der Waals surface area contributed by atoms with Crippen LogP contribution in [0.4, 0.5) is 5.82 Å².